The van der Waals surface area contributed by atoms with Crippen LogP contribution in [-0.4, -0.2) is 35.3 Å². The van der Waals surface area contributed by atoms with Crippen molar-refractivity contribution in [3.05, 3.63) is 34.9 Å². The van der Waals surface area contributed by atoms with E-state index in [1.165, 1.54) is 0 Å². The van der Waals surface area contributed by atoms with Crippen LogP contribution in [0.5, 0.6) is 0 Å². The third kappa shape index (κ3) is 1.99. The normalized spacial score (nSPS) is 21.1. The number of benzene rings is 1. The van der Waals surface area contributed by atoms with Crippen LogP contribution in [0.2, 0.25) is 5.02 Å². The Kier molecular flexibility index (Phi) is 3.42. The molecule has 0 aromatic heterocycles. The van der Waals surface area contributed by atoms with Gasteiger partial charge in [0.15, 0.2) is 0 Å². The van der Waals surface area contributed by atoms with E-state index < -0.39 is 5.54 Å². The Morgan fingerprint density at radius 1 is 1.25 bits per heavy atom. The van der Waals surface area contributed by atoms with Crippen molar-refractivity contribution in [1.29, 1.82) is 0 Å². The van der Waals surface area contributed by atoms with Gasteiger partial charge in [-0.1, -0.05) is 36.6 Å². The number of piperazine rings is 1. The molecule has 5 heteroatoms. The van der Waals surface area contributed by atoms with Gasteiger partial charge in [0.25, 0.3) is 5.91 Å². The van der Waals surface area contributed by atoms with Crippen LogP contribution < -0.4 is 5.32 Å². The van der Waals surface area contributed by atoms with Crippen molar-refractivity contribution < 1.29 is 9.59 Å². The molecule has 2 fully saturated rings. The van der Waals surface area contributed by atoms with Gasteiger partial charge < -0.3 is 10.2 Å². The zero-order chi connectivity index (χ0) is 14.2. The first-order valence-electron chi connectivity index (χ1n) is 7.00. The maximum atomic E-state index is 12.8. The predicted octanol–water partition coefficient (Wildman–Crippen LogP) is 2.22. The Labute approximate surface area is 123 Å². The zero-order valence-electron chi connectivity index (χ0n) is 11.2. The third-order valence-electron chi connectivity index (χ3n) is 4.34. The standard InChI is InChI=1S/C15H17ClN2O2/c16-12-6-2-1-5-11(12)13(19)18-10-9-17-14(20)15(18)7-3-4-8-15/h1-2,5-6H,3-4,7-10H2,(H,17,20). The number of nitrogens with one attached hydrogen (secondary N) is 1. The highest BCUT2D eigenvalue weighted by Crippen LogP contribution is 2.38. The van der Waals surface area contributed by atoms with Gasteiger partial charge in [0, 0.05) is 13.1 Å². The van der Waals surface area contributed by atoms with Crippen LogP contribution in [0.25, 0.3) is 0 Å². The molecule has 2 aliphatic rings. The first-order valence-corrected chi connectivity index (χ1v) is 7.38. The number of hydrogen-bond acceptors (Lipinski definition) is 2. The molecule has 4 nitrogen and oxygen atoms in total. The molecule has 1 saturated carbocycles. The first kappa shape index (κ1) is 13.4. The number of halogens is 1. The third-order valence-corrected chi connectivity index (χ3v) is 4.67. The van der Waals surface area contributed by atoms with Gasteiger partial charge in [-0.25, -0.2) is 0 Å². The van der Waals surface area contributed by atoms with Gasteiger partial charge in [0.05, 0.1) is 10.6 Å². The highest BCUT2D eigenvalue weighted by Gasteiger charge is 2.50. The fourth-order valence-electron chi connectivity index (χ4n) is 3.32. The molecule has 1 aliphatic carbocycles. The highest BCUT2D eigenvalue weighted by atomic mass is 35.5. The Bertz CT molecular complexity index is 553. The second kappa shape index (κ2) is 5.09. The molecule has 1 spiro atoms. The van der Waals surface area contributed by atoms with Crippen LogP contribution in [-0.2, 0) is 4.79 Å². The van der Waals surface area contributed by atoms with Crippen molar-refractivity contribution in [2.45, 2.75) is 31.2 Å². The summed E-state index contributed by atoms with van der Waals surface area (Å²) in [4.78, 5) is 26.8. The van der Waals surface area contributed by atoms with Crippen LogP contribution in [0.4, 0.5) is 0 Å². The summed E-state index contributed by atoms with van der Waals surface area (Å²) in [5.74, 6) is -0.144. The topological polar surface area (TPSA) is 49.4 Å². The smallest absolute Gasteiger partial charge is 0.256 e. The van der Waals surface area contributed by atoms with Gasteiger partial charge in [-0.2, -0.15) is 0 Å². The van der Waals surface area contributed by atoms with Crippen LogP contribution in [0.15, 0.2) is 24.3 Å². The van der Waals surface area contributed by atoms with Crippen molar-refractivity contribution in [2.75, 3.05) is 13.1 Å². The van der Waals surface area contributed by atoms with Gasteiger partial charge in [-0.3, -0.25) is 9.59 Å². The molecule has 0 bridgehead atoms. The van der Waals surface area contributed by atoms with E-state index in [1.807, 2.05) is 0 Å². The van der Waals surface area contributed by atoms with Crippen molar-refractivity contribution in [2.24, 2.45) is 0 Å². The summed E-state index contributed by atoms with van der Waals surface area (Å²) in [5, 5.41) is 3.34. The van der Waals surface area contributed by atoms with E-state index in [1.54, 1.807) is 29.2 Å². The minimum atomic E-state index is -0.658. The highest BCUT2D eigenvalue weighted by molar-refractivity contribution is 6.33. The largest absolute Gasteiger partial charge is 0.352 e. The Hall–Kier alpha value is -1.55. The fraction of sp³-hybridized carbons (Fsp3) is 0.467. The van der Waals surface area contributed by atoms with E-state index in [0.717, 1.165) is 25.7 Å². The number of hydrogen-bond donors (Lipinski definition) is 1. The summed E-state index contributed by atoms with van der Waals surface area (Å²) >= 11 is 6.12. The van der Waals surface area contributed by atoms with Gasteiger partial charge in [0.1, 0.15) is 5.54 Å². The SMILES string of the molecule is O=C(c1ccccc1Cl)N1CCNC(=O)C12CCCC2. The molecule has 1 heterocycles. The minimum absolute atomic E-state index is 0.0124. The van der Waals surface area contributed by atoms with Gasteiger partial charge >= 0.3 is 0 Å². The molecule has 1 aromatic carbocycles. The number of amides is 2. The molecule has 1 aromatic rings. The molecule has 0 atom stereocenters. The van der Waals surface area contributed by atoms with E-state index in [4.69, 9.17) is 11.6 Å². The summed E-state index contributed by atoms with van der Waals surface area (Å²) in [6, 6.07) is 7.03. The average molecular weight is 293 g/mol. The first-order chi connectivity index (χ1) is 9.65. The maximum absolute atomic E-state index is 12.8. The van der Waals surface area contributed by atoms with Crippen LogP contribution in [0.1, 0.15) is 36.0 Å². The summed E-state index contributed by atoms with van der Waals surface area (Å²) < 4.78 is 0. The molecule has 1 aliphatic heterocycles. The van der Waals surface area contributed by atoms with Crippen LogP contribution >= 0.6 is 11.6 Å². The lowest BCUT2D eigenvalue weighted by Gasteiger charge is -2.43. The quantitative estimate of drug-likeness (QED) is 0.863. The molecule has 20 heavy (non-hydrogen) atoms. The van der Waals surface area contributed by atoms with E-state index in [0.29, 0.717) is 23.7 Å². The zero-order valence-corrected chi connectivity index (χ0v) is 11.9. The van der Waals surface area contributed by atoms with Crippen LogP contribution in [0.3, 0.4) is 0 Å². The van der Waals surface area contributed by atoms with Crippen molar-refractivity contribution in [1.82, 2.24) is 10.2 Å². The number of rotatable bonds is 1. The summed E-state index contributed by atoms with van der Waals surface area (Å²) in [6.45, 7) is 1.06. The Morgan fingerprint density at radius 2 is 1.95 bits per heavy atom. The lowest BCUT2D eigenvalue weighted by atomic mass is 9.90. The number of carbonyl (C=O) groups excluding carboxylic acids is 2. The van der Waals surface area contributed by atoms with Gasteiger partial charge in [0.2, 0.25) is 5.91 Å². The molecule has 0 unspecified atom stereocenters. The van der Waals surface area contributed by atoms with Crippen molar-refractivity contribution in [3.63, 3.8) is 0 Å². The van der Waals surface area contributed by atoms with Gasteiger partial charge in [-0.15, -0.1) is 0 Å². The van der Waals surface area contributed by atoms with E-state index in [9.17, 15) is 9.59 Å². The fourth-order valence-corrected chi connectivity index (χ4v) is 3.53. The van der Waals surface area contributed by atoms with E-state index in [-0.39, 0.29) is 11.8 Å². The van der Waals surface area contributed by atoms with E-state index >= 15 is 0 Å². The minimum Gasteiger partial charge on any atom is -0.352 e. The van der Waals surface area contributed by atoms with Crippen molar-refractivity contribution in [3.8, 4) is 0 Å². The second-order valence-corrected chi connectivity index (χ2v) is 5.84. The molecule has 0 radical (unpaired) electrons. The summed E-state index contributed by atoms with van der Waals surface area (Å²) in [6.07, 6.45) is 3.46. The summed E-state index contributed by atoms with van der Waals surface area (Å²) in [5.41, 5.74) is -0.177. The molecule has 1 saturated heterocycles. The molecular formula is C15H17ClN2O2. The molecule has 3 rings (SSSR count). The second-order valence-electron chi connectivity index (χ2n) is 5.43. The predicted molar refractivity (Wildman–Crippen MR) is 76.7 cm³/mol. The average Bonchev–Trinajstić information content (AvgIpc) is 2.92. The Morgan fingerprint density at radius 3 is 2.65 bits per heavy atom. The Balaban J connectivity index is 1.97. The monoisotopic (exact) mass is 292 g/mol. The molecule has 1 N–H and O–H groups in total. The van der Waals surface area contributed by atoms with Crippen LogP contribution in [0, 0.1) is 0 Å². The number of nitrogens with zero attached hydrogens (tertiary/aromatic N) is 1. The lowest BCUT2D eigenvalue weighted by Crippen LogP contribution is -2.65. The van der Waals surface area contributed by atoms with Gasteiger partial charge in [-0.05, 0) is 25.0 Å². The summed E-state index contributed by atoms with van der Waals surface area (Å²) in [7, 11) is 0. The van der Waals surface area contributed by atoms with E-state index in [2.05, 4.69) is 5.32 Å². The lowest BCUT2D eigenvalue weighted by molar-refractivity contribution is -0.134. The molecular weight excluding hydrogens is 276 g/mol. The number of carbonyl (C=O) groups is 2. The molecule has 2 amide bonds. The molecule has 106 valence electrons. The van der Waals surface area contributed by atoms with Crippen molar-refractivity contribution >= 4 is 23.4 Å². The maximum Gasteiger partial charge on any atom is 0.256 e.